The summed E-state index contributed by atoms with van der Waals surface area (Å²) in [6.07, 6.45) is 2.18. The molecular weight excluding hydrogens is 467 g/mol. The third-order valence-corrected chi connectivity index (χ3v) is 7.98. The molecule has 1 saturated heterocycles. The fraction of sp³-hybridized carbons (Fsp3) is 0.538. The van der Waals surface area contributed by atoms with E-state index in [-0.39, 0.29) is 12.0 Å². The van der Waals surface area contributed by atoms with E-state index >= 15 is 0 Å². The Bertz CT molecular complexity index is 1230. The highest BCUT2D eigenvalue weighted by molar-refractivity contribution is 5.42. The van der Waals surface area contributed by atoms with Gasteiger partial charge < -0.3 is 10.2 Å². The van der Waals surface area contributed by atoms with Crippen LogP contribution in [0.4, 0.5) is 24.9 Å². The van der Waals surface area contributed by atoms with E-state index in [9.17, 15) is 13.2 Å². The lowest BCUT2D eigenvalue weighted by Crippen LogP contribution is -2.48. The highest BCUT2D eigenvalue weighted by Gasteiger charge is 2.43. The average molecular weight is 498 g/mol. The van der Waals surface area contributed by atoms with Gasteiger partial charge in [0.15, 0.2) is 0 Å². The zero-order chi connectivity index (χ0) is 24.9. The molecule has 2 bridgehead atoms. The highest BCUT2D eigenvalue weighted by Crippen LogP contribution is 2.40. The quantitative estimate of drug-likeness (QED) is 0.545. The average Bonchev–Trinajstić information content (AvgIpc) is 3.25. The molecule has 3 aliphatic rings. The number of hydrogen-bond donors (Lipinski definition) is 1. The fourth-order valence-corrected chi connectivity index (χ4v) is 6.23. The van der Waals surface area contributed by atoms with Crippen LogP contribution in [0.5, 0.6) is 0 Å². The van der Waals surface area contributed by atoms with Crippen molar-refractivity contribution >= 4 is 11.8 Å². The van der Waals surface area contributed by atoms with Crippen LogP contribution < -0.4 is 10.2 Å². The minimum Gasteiger partial charge on any atom is -0.356 e. The van der Waals surface area contributed by atoms with Gasteiger partial charge in [-0.1, -0.05) is 24.6 Å². The monoisotopic (exact) mass is 497 g/mol. The lowest BCUT2D eigenvalue weighted by atomic mass is 9.92. The number of aryl methyl sites for hydroxylation is 2. The molecule has 10 heteroatoms. The maximum Gasteiger partial charge on any atom is 0.416 e. The standard InChI is InChI=1S/C26H30F3N7/c1-16-11-22(31-15-30-16)35-13-18-8-9-19(14-35)23(18)32-25-33-24-21(7-2-3-10-36(24)34-25)17-5-4-6-20(12-17)26(27,28)29/h4-6,11-12,15,18-19,21,23H,2-3,7-10,13-14H2,1H3,(H,32,34)/t18-,19-,21?/m1/s1. The van der Waals surface area contributed by atoms with Gasteiger partial charge in [0.05, 0.1) is 5.56 Å². The van der Waals surface area contributed by atoms with Crippen molar-refractivity contribution < 1.29 is 13.2 Å². The van der Waals surface area contributed by atoms with Crippen LogP contribution in [0.25, 0.3) is 0 Å². The number of hydrogen-bond acceptors (Lipinski definition) is 6. The largest absolute Gasteiger partial charge is 0.416 e. The van der Waals surface area contributed by atoms with Crippen LogP contribution in [-0.4, -0.2) is 43.9 Å². The molecule has 2 aliphatic heterocycles. The van der Waals surface area contributed by atoms with E-state index < -0.39 is 11.7 Å². The van der Waals surface area contributed by atoms with Gasteiger partial charge in [-0.2, -0.15) is 18.2 Å². The lowest BCUT2D eigenvalue weighted by Gasteiger charge is -2.38. The molecule has 1 unspecified atom stereocenters. The van der Waals surface area contributed by atoms with E-state index in [0.717, 1.165) is 75.1 Å². The number of benzene rings is 1. The molecule has 1 N–H and O–H groups in total. The summed E-state index contributed by atoms with van der Waals surface area (Å²) in [4.78, 5) is 15.9. The van der Waals surface area contributed by atoms with E-state index in [1.165, 1.54) is 12.1 Å². The second kappa shape index (κ2) is 9.05. The Hall–Kier alpha value is -3.17. The third kappa shape index (κ3) is 4.41. The van der Waals surface area contributed by atoms with Gasteiger partial charge in [0, 0.05) is 43.4 Å². The molecule has 190 valence electrons. The van der Waals surface area contributed by atoms with Crippen LogP contribution in [0.2, 0.25) is 0 Å². The molecule has 4 heterocycles. The predicted molar refractivity (Wildman–Crippen MR) is 130 cm³/mol. The Morgan fingerprint density at radius 2 is 1.81 bits per heavy atom. The summed E-state index contributed by atoms with van der Waals surface area (Å²) >= 11 is 0. The minimum atomic E-state index is -4.36. The highest BCUT2D eigenvalue weighted by atomic mass is 19.4. The minimum absolute atomic E-state index is 0.197. The Morgan fingerprint density at radius 1 is 1.00 bits per heavy atom. The van der Waals surface area contributed by atoms with Gasteiger partial charge in [-0.3, -0.25) is 0 Å². The Kier molecular flexibility index (Phi) is 5.84. The molecule has 1 aliphatic carbocycles. The van der Waals surface area contributed by atoms with Gasteiger partial charge in [-0.25, -0.2) is 14.6 Å². The van der Waals surface area contributed by atoms with E-state index in [4.69, 9.17) is 10.1 Å². The topological polar surface area (TPSA) is 71.8 Å². The van der Waals surface area contributed by atoms with Crippen molar-refractivity contribution in [2.45, 2.75) is 63.7 Å². The van der Waals surface area contributed by atoms with Crippen LogP contribution in [0.1, 0.15) is 60.7 Å². The summed E-state index contributed by atoms with van der Waals surface area (Å²) in [6, 6.07) is 7.99. The Labute approximate surface area is 208 Å². The SMILES string of the molecule is Cc1cc(N2C[C@H]3CC[C@H](C2)C3Nc2nc3n(n2)CCCCC3c2cccc(C(F)(F)F)c2)ncn1. The van der Waals surface area contributed by atoms with Crippen molar-refractivity contribution in [3.63, 3.8) is 0 Å². The van der Waals surface area contributed by atoms with Crippen molar-refractivity contribution in [3.8, 4) is 0 Å². The second-order valence-corrected chi connectivity index (χ2v) is 10.4. The van der Waals surface area contributed by atoms with Crippen LogP contribution in [0.15, 0.2) is 36.7 Å². The summed E-state index contributed by atoms with van der Waals surface area (Å²) in [5, 5.41) is 8.40. The number of nitrogens with one attached hydrogen (secondary N) is 1. The molecule has 1 aromatic carbocycles. The Balaban J connectivity index is 1.22. The maximum atomic E-state index is 13.4. The van der Waals surface area contributed by atoms with Gasteiger partial charge >= 0.3 is 6.18 Å². The molecule has 0 amide bonds. The molecule has 3 atom stereocenters. The molecular formula is C26H30F3N7. The number of piperidine rings is 1. The van der Waals surface area contributed by atoms with Crippen molar-refractivity contribution in [1.82, 2.24) is 24.7 Å². The van der Waals surface area contributed by atoms with Crippen molar-refractivity contribution in [1.29, 1.82) is 0 Å². The maximum absolute atomic E-state index is 13.4. The number of nitrogens with zero attached hydrogens (tertiary/aromatic N) is 6. The number of aromatic nitrogens is 5. The van der Waals surface area contributed by atoms with Crippen molar-refractivity contribution in [3.05, 3.63) is 59.3 Å². The van der Waals surface area contributed by atoms with Crippen LogP contribution in [0.3, 0.4) is 0 Å². The van der Waals surface area contributed by atoms with E-state index in [1.807, 2.05) is 17.7 Å². The Morgan fingerprint density at radius 3 is 2.56 bits per heavy atom. The lowest BCUT2D eigenvalue weighted by molar-refractivity contribution is -0.137. The molecule has 0 spiro atoms. The summed E-state index contributed by atoms with van der Waals surface area (Å²) in [5.41, 5.74) is 1.00. The number of alkyl halides is 3. The van der Waals surface area contributed by atoms with Crippen LogP contribution in [-0.2, 0) is 12.7 Å². The summed E-state index contributed by atoms with van der Waals surface area (Å²) in [5.74, 6) is 3.06. The third-order valence-electron chi connectivity index (χ3n) is 7.98. The van der Waals surface area contributed by atoms with E-state index in [1.54, 1.807) is 12.4 Å². The molecule has 0 radical (unpaired) electrons. The zero-order valence-corrected chi connectivity index (χ0v) is 20.2. The summed E-state index contributed by atoms with van der Waals surface area (Å²) < 4.78 is 42.0. The second-order valence-electron chi connectivity index (χ2n) is 10.4. The molecule has 1 saturated carbocycles. The smallest absolute Gasteiger partial charge is 0.356 e. The van der Waals surface area contributed by atoms with Gasteiger partial charge in [0.1, 0.15) is 18.0 Å². The van der Waals surface area contributed by atoms with Crippen molar-refractivity contribution in [2.75, 3.05) is 23.3 Å². The molecule has 2 aromatic heterocycles. The first-order valence-electron chi connectivity index (χ1n) is 12.8. The van der Waals surface area contributed by atoms with Crippen molar-refractivity contribution in [2.24, 2.45) is 11.8 Å². The summed E-state index contributed by atoms with van der Waals surface area (Å²) in [6.45, 7) is 4.56. The number of anilines is 2. The first kappa shape index (κ1) is 23.2. The van der Waals surface area contributed by atoms with Gasteiger partial charge in [-0.05, 0) is 56.1 Å². The zero-order valence-electron chi connectivity index (χ0n) is 20.2. The fourth-order valence-electron chi connectivity index (χ4n) is 6.23. The van der Waals surface area contributed by atoms with E-state index in [2.05, 4.69) is 20.2 Å². The molecule has 36 heavy (non-hydrogen) atoms. The molecule has 6 rings (SSSR count). The van der Waals surface area contributed by atoms with E-state index in [0.29, 0.717) is 23.3 Å². The van der Waals surface area contributed by atoms with Crippen LogP contribution in [0, 0.1) is 18.8 Å². The normalized spacial score (nSPS) is 25.9. The summed E-state index contributed by atoms with van der Waals surface area (Å²) in [7, 11) is 0. The molecule has 2 fully saturated rings. The van der Waals surface area contributed by atoms with Gasteiger partial charge in [-0.15, -0.1) is 5.10 Å². The first-order chi connectivity index (χ1) is 17.3. The number of rotatable bonds is 4. The number of halogens is 3. The van der Waals surface area contributed by atoms with Gasteiger partial charge in [0.25, 0.3) is 0 Å². The molecule has 3 aromatic rings. The van der Waals surface area contributed by atoms with Gasteiger partial charge in [0.2, 0.25) is 5.95 Å². The number of fused-ring (bicyclic) bond motifs is 3. The van der Waals surface area contributed by atoms with Crippen LogP contribution >= 0.6 is 0 Å². The molecule has 7 nitrogen and oxygen atoms in total. The predicted octanol–water partition coefficient (Wildman–Crippen LogP) is 5.04. The first-order valence-corrected chi connectivity index (χ1v) is 12.8.